The van der Waals surface area contributed by atoms with Crippen molar-refractivity contribution in [1.82, 2.24) is 0 Å². The number of nitrogens with zero attached hydrogens (tertiary/aromatic N) is 1. The summed E-state index contributed by atoms with van der Waals surface area (Å²) < 4.78 is 0. The van der Waals surface area contributed by atoms with E-state index in [0.29, 0.717) is 12.2 Å². The Morgan fingerprint density at radius 1 is 1.39 bits per heavy atom. The normalized spacial score (nSPS) is 9.83. The highest BCUT2D eigenvalue weighted by atomic mass is 32.2. The molecule has 0 heterocycles. The van der Waals surface area contributed by atoms with E-state index in [-0.39, 0.29) is 5.91 Å². The number of rotatable bonds is 6. The maximum absolute atomic E-state index is 11.8. The molecule has 1 amide bonds. The largest absolute Gasteiger partial charge is 0.325 e. The quantitative estimate of drug-likeness (QED) is 0.800. The Balaban J connectivity index is 2.39. The van der Waals surface area contributed by atoms with Crippen molar-refractivity contribution in [1.29, 1.82) is 5.26 Å². The van der Waals surface area contributed by atoms with E-state index in [2.05, 4.69) is 11.4 Å². The molecule has 0 unspecified atom stereocenters. The van der Waals surface area contributed by atoms with Crippen molar-refractivity contribution in [3.8, 4) is 6.07 Å². The van der Waals surface area contributed by atoms with E-state index in [0.717, 1.165) is 29.0 Å². The van der Waals surface area contributed by atoms with Crippen LogP contribution in [0.5, 0.6) is 0 Å². The zero-order valence-electron chi connectivity index (χ0n) is 10.8. The first-order chi connectivity index (χ1) is 8.65. The van der Waals surface area contributed by atoms with Crippen molar-refractivity contribution in [2.45, 2.75) is 26.7 Å². The van der Waals surface area contributed by atoms with Crippen LogP contribution >= 0.6 is 11.8 Å². The van der Waals surface area contributed by atoms with Crippen molar-refractivity contribution in [2.75, 3.05) is 16.8 Å². The van der Waals surface area contributed by atoms with E-state index in [1.807, 2.05) is 32.0 Å². The Morgan fingerprint density at radius 3 is 2.67 bits per heavy atom. The number of aryl methyl sites for hydroxylation is 2. The number of carbonyl (C=O) groups is 1. The number of amides is 1. The SMILES string of the molecule is Cc1cccc(C)c1NC(=O)CSCCCC#N. The molecule has 0 aliphatic rings. The second-order valence-corrected chi connectivity index (χ2v) is 5.23. The van der Waals surface area contributed by atoms with Gasteiger partial charge < -0.3 is 5.32 Å². The molecule has 18 heavy (non-hydrogen) atoms. The van der Waals surface area contributed by atoms with Crippen LogP contribution in [0.15, 0.2) is 18.2 Å². The van der Waals surface area contributed by atoms with Crippen LogP contribution in [-0.4, -0.2) is 17.4 Å². The molecule has 3 nitrogen and oxygen atoms in total. The first-order valence-electron chi connectivity index (χ1n) is 5.96. The molecule has 96 valence electrons. The predicted octanol–water partition coefficient (Wildman–Crippen LogP) is 3.28. The van der Waals surface area contributed by atoms with Gasteiger partial charge in [0.1, 0.15) is 0 Å². The lowest BCUT2D eigenvalue weighted by Gasteiger charge is -2.11. The molecule has 0 fully saturated rings. The summed E-state index contributed by atoms with van der Waals surface area (Å²) in [7, 11) is 0. The van der Waals surface area contributed by atoms with E-state index >= 15 is 0 Å². The van der Waals surface area contributed by atoms with E-state index in [4.69, 9.17) is 5.26 Å². The number of benzene rings is 1. The molecular weight excluding hydrogens is 244 g/mol. The number of para-hydroxylation sites is 1. The lowest BCUT2D eigenvalue weighted by molar-refractivity contribution is -0.113. The summed E-state index contributed by atoms with van der Waals surface area (Å²) in [6.07, 6.45) is 1.41. The number of hydrogen-bond donors (Lipinski definition) is 1. The average molecular weight is 262 g/mol. The van der Waals surface area contributed by atoms with Gasteiger partial charge in [0.2, 0.25) is 5.91 Å². The zero-order valence-corrected chi connectivity index (χ0v) is 11.6. The van der Waals surface area contributed by atoms with Gasteiger partial charge in [-0.25, -0.2) is 0 Å². The maximum Gasteiger partial charge on any atom is 0.234 e. The average Bonchev–Trinajstić information content (AvgIpc) is 2.34. The highest BCUT2D eigenvalue weighted by Gasteiger charge is 2.06. The van der Waals surface area contributed by atoms with Crippen molar-refractivity contribution in [3.05, 3.63) is 29.3 Å². The standard InChI is InChI=1S/C14H18N2OS/c1-11-6-5-7-12(2)14(11)16-13(17)10-18-9-4-3-8-15/h5-7H,3-4,9-10H2,1-2H3,(H,16,17). The minimum atomic E-state index is 0.0226. The van der Waals surface area contributed by atoms with Crippen LogP contribution in [0, 0.1) is 25.2 Å². The lowest BCUT2D eigenvalue weighted by atomic mass is 10.1. The Hall–Kier alpha value is -1.47. The number of thioether (sulfide) groups is 1. The summed E-state index contributed by atoms with van der Waals surface area (Å²) in [6, 6.07) is 8.06. The highest BCUT2D eigenvalue weighted by molar-refractivity contribution is 7.99. The molecule has 0 saturated heterocycles. The summed E-state index contributed by atoms with van der Waals surface area (Å²) >= 11 is 1.57. The number of unbranched alkanes of at least 4 members (excludes halogenated alkanes) is 1. The van der Waals surface area contributed by atoms with Crippen LogP contribution in [0.4, 0.5) is 5.69 Å². The van der Waals surface area contributed by atoms with Crippen LogP contribution in [0.25, 0.3) is 0 Å². The van der Waals surface area contributed by atoms with Crippen LogP contribution in [0.3, 0.4) is 0 Å². The molecule has 0 aliphatic heterocycles. The predicted molar refractivity (Wildman–Crippen MR) is 76.7 cm³/mol. The molecule has 0 aromatic heterocycles. The van der Waals surface area contributed by atoms with Crippen molar-refractivity contribution in [2.24, 2.45) is 0 Å². The third-order valence-electron chi connectivity index (χ3n) is 2.56. The summed E-state index contributed by atoms with van der Waals surface area (Å²) in [5, 5.41) is 11.3. The molecule has 1 aromatic carbocycles. The van der Waals surface area contributed by atoms with Crippen LogP contribution in [0.1, 0.15) is 24.0 Å². The number of carbonyl (C=O) groups excluding carboxylic acids is 1. The highest BCUT2D eigenvalue weighted by Crippen LogP contribution is 2.19. The number of nitriles is 1. The third-order valence-corrected chi connectivity index (χ3v) is 3.60. The Kier molecular flexibility index (Phi) is 6.31. The van der Waals surface area contributed by atoms with Gasteiger partial charge >= 0.3 is 0 Å². The molecule has 1 aromatic rings. The first-order valence-corrected chi connectivity index (χ1v) is 7.11. The fraction of sp³-hybridized carbons (Fsp3) is 0.429. The van der Waals surface area contributed by atoms with E-state index in [1.54, 1.807) is 11.8 Å². The van der Waals surface area contributed by atoms with E-state index in [9.17, 15) is 4.79 Å². The van der Waals surface area contributed by atoms with Gasteiger partial charge in [0.05, 0.1) is 11.8 Å². The molecule has 0 bridgehead atoms. The molecule has 1 N–H and O–H groups in total. The Bertz CT molecular complexity index is 431. The van der Waals surface area contributed by atoms with Gasteiger partial charge in [-0.05, 0) is 37.1 Å². The van der Waals surface area contributed by atoms with Gasteiger partial charge in [-0.3, -0.25) is 4.79 Å². The fourth-order valence-electron chi connectivity index (χ4n) is 1.61. The van der Waals surface area contributed by atoms with Gasteiger partial charge in [-0.2, -0.15) is 17.0 Å². The lowest BCUT2D eigenvalue weighted by Crippen LogP contribution is -2.16. The molecule has 0 aliphatic carbocycles. The Labute approximate surface area is 113 Å². The van der Waals surface area contributed by atoms with Gasteiger partial charge in [-0.1, -0.05) is 18.2 Å². The number of anilines is 1. The van der Waals surface area contributed by atoms with Gasteiger partial charge in [-0.15, -0.1) is 0 Å². The summed E-state index contributed by atoms with van der Waals surface area (Å²) in [6.45, 7) is 3.98. The summed E-state index contributed by atoms with van der Waals surface area (Å²) in [5.41, 5.74) is 3.08. The van der Waals surface area contributed by atoms with Gasteiger partial charge in [0.15, 0.2) is 0 Å². The minimum absolute atomic E-state index is 0.0226. The van der Waals surface area contributed by atoms with Crippen LogP contribution in [-0.2, 0) is 4.79 Å². The molecule has 0 atom stereocenters. The van der Waals surface area contributed by atoms with Crippen molar-refractivity contribution < 1.29 is 4.79 Å². The van der Waals surface area contributed by atoms with E-state index < -0.39 is 0 Å². The molecule has 1 rings (SSSR count). The van der Waals surface area contributed by atoms with Crippen molar-refractivity contribution in [3.63, 3.8) is 0 Å². The second-order valence-electron chi connectivity index (χ2n) is 4.13. The first kappa shape index (κ1) is 14.6. The third kappa shape index (κ3) is 4.80. The molecule has 0 radical (unpaired) electrons. The van der Waals surface area contributed by atoms with Crippen molar-refractivity contribution >= 4 is 23.4 Å². The summed E-state index contributed by atoms with van der Waals surface area (Å²) in [4.78, 5) is 11.8. The van der Waals surface area contributed by atoms with Gasteiger partial charge in [0, 0.05) is 12.1 Å². The second kappa shape index (κ2) is 7.78. The topological polar surface area (TPSA) is 52.9 Å². The minimum Gasteiger partial charge on any atom is -0.325 e. The van der Waals surface area contributed by atoms with E-state index in [1.165, 1.54) is 0 Å². The number of nitrogens with one attached hydrogen (secondary N) is 1. The molecule has 0 saturated carbocycles. The molecule has 4 heteroatoms. The number of hydrogen-bond acceptors (Lipinski definition) is 3. The smallest absolute Gasteiger partial charge is 0.234 e. The monoisotopic (exact) mass is 262 g/mol. The van der Waals surface area contributed by atoms with Crippen LogP contribution < -0.4 is 5.32 Å². The maximum atomic E-state index is 11.8. The molecule has 0 spiro atoms. The fourth-order valence-corrected chi connectivity index (χ4v) is 2.36. The van der Waals surface area contributed by atoms with Gasteiger partial charge in [0.25, 0.3) is 0 Å². The van der Waals surface area contributed by atoms with Crippen LogP contribution in [0.2, 0.25) is 0 Å². The molecular formula is C14H18N2OS. The Morgan fingerprint density at radius 2 is 2.06 bits per heavy atom. The summed E-state index contributed by atoms with van der Waals surface area (Å²) in [5.74, 6) is 1.32. The zero-order chi connectivity index (χ0) is 13.4.